The van der Waals surface area contributed by atoms with Crippen LogP contribution in [0.2, 0.25) is 0 Å². The SMILES string of the molecule is O=[N+]([O-])c1ccccc1CO[SiH2]c1cccc(-c2c(F)cc(F)cc2F)c1-c1c(F)cc(F)cc1F. The summed E-state index contributed by atoms with van der Waals surface area (Å²) >= 11 is 0. The fraction of sp³-hybridized carbons (Fsp3) is 0.0400. The third kappa shape index (κ3) is 5.02. The highest BCUT2D eigenvalue weighted by Crippen LogP contribution is 2.37. The number of nitro benzene ring substituents is 1. The van der Waals surface area contributed by atoms with Crippen molar-refractivity contribution in [2.75, 3.05) is 0 Å². The normalized spacial score (nSPS) is 11.4. The molecule has 0 aromatic heterocycles. The van der Waals surface area contributed by atoms with Crippen LogP contribution in [0.1, 0.15) is 5.56 Å². The van der Waals surface area contributed by atoms with E-state index in [1.807, 2.05) is 0 Å². The summed E-state index contributed by atoms with van der Waals surface area (Å²) in [4.78, 5) is 10.6. The first kappa shape index (κ1) is 25.1. The first-order valence-electron chi connectivity index (χ1n) is 10.4. The molecule has 0 aliphatic heterocycles. The van der Waals surface area contributed by atoms with Crippen molar-refractivity contribution in [2.45, 2.75) is 6.61 Å². The maximum atomic E-state index is 14.8. The smallest absolute Gasteiger partial charge is 0.274 e. The summed E-state index contributed by atoms with van der Waals surface area (Å²) < 4.78 is 91.8. The monoisotopic (exact) mass is 519 g/mol. The van der Waals surface area contributed by atoms with E-state index in [-0.39, 0.29) is 34.2 Å². The van der Waals surface area contributed by atoms with E-state index < -0.39 is 60.7 Å². The van der Waals surface area contributed by atoms with Crippen LogP contribution in [0.5, 0.6) is 0 Å². The molecule has 4 aromatic rings. The molecule has 4 rings (SSSR count). The Hall–Kier alpha value is -3.96. The predicted molar refractivity (Wildman–Crippen MR) is 123 cm³/mol. The summed E-state index contributed by atoms with van der Waals surface area (Å²) in [6.07, 6.45) is 0. The van der Waals surface area contributed by atoms with Gasteiger partial charge in [-0.05, 0) is 22.4 Å². The third-order valence-corrected chi connectivity index (χ3v) is 6.70. The van der Waals surface area contributed by atoms with E-state index in [0.29, 0.717) is 24.3 Å². The highest BCUT2D eigenvalue weighted by atomic mass is 28.2. The summed E-state index contributed by atoms with van der Waals surface area (Å²) in [5.74, 6) is -7.65. The molecule has 0 heterocycles. The zero-order valence-corrected chi connectivity index (χ0v) is 19.6. The van der Waals surface area contributed by atoms with Crippen molar-refractivity contribution in [1.82, 2.24) is 0 Å². The van der Waals surface area contributed by atoms with Gasteiger partial charge < -0.3 is 4.43 Å². The number of halogens is 6. The average molecular weight is 519 g/mol. The molecule has 0 saturated carbocycles. The molecule has 36 heavy (non-hydrogen) atoms. The van der Waals surface area contributed by atoms with E-state index in [1.165, 1.54) is 36.4 Å². The molecular weight excluding hydrogens is 504 g/mol. The van der Waals surface area contributed by atoms with Gasteiger partial charge in [0.25, 0.3) is 5.69 Å². The Balaban J connectivity index is 1.84. The largest absolute Gasteiger partial charge is 0.414 e. The Kier molecular flexibility index (Phi) is 7.22. The average Bonchev–Trinajstić information content (AvgIpc) is 2.79. The van der Waals surface area contributed by atoms with Gasteiger partial charge in [0.15, 0.2) is 9.76 Å². The number of nitro groups is 1. The van der Waals surface area contributed by atoms with Crippen molar-refractivity contribution in [1.29, 1.82) is 0 Å². The van der Waals surface area contributed by atoms with Crippen LogP contribution in [0.3, 0.4) is 0 Å². The first-order valence-corrected chi connectivity index (χ1v) is 11.7. The first-order chi connectivity index (χ1) is 17.2. The molecule has 0 aliphatic rings. The zero-order valence-electron chi connectivity index (χ0n) is 18.2. The van der Waals surface area contributed by atoms with Gasteiger partial charge in [-0.25, -0.2) is 26.3 Å². The van der Waals surface area contributed by atoms with Gasteiger partial charge >= 0.3 is 0 Å². The van der Waals surface area contributed by atoms with Crippen LogP contribution in [-0.2, 0) is 11.0 Å². The van der Waals surface area contributed by atoms with Crippen LogP contribution < -0.4 is 5.19 Å². The number of hydrogen-bond acceptors (Lipinski definition) is 3. The number of para-hydroxylation sites is 1. The molecule has 4 nitrogen and oxygen atoms in total. The number of hydrogen-bond donors (Lipinski definition) is 0. The maximum absolute atomic E-state index is 14.8. The van der Waals surface area contributed by atoms with Crippen molar-refractivity contribution in [3.63, 3.8) is 0 Å². The molecule has 184 valence electrons. The molecule has 0 fully saturated rings. The summed E-state index contributed by atoms with van der Waals surface area (Å²) in [6, 6.07) is 11.5. The molecule has 0 spiro atoms. The van der Waals surface area contributed by atoms with E-state index >= 15 is 0 Å². The molecular formula is C25H15F6NO3Si. The molecule has 0 N–H and O–H groups in total. The molecule has 0 saturated heterocycles. The van der Waals surface area contributed by atoms with Gasteiger partial charge in [0.05, 0.1) is 28.2 Å². The van der Waals surface area contributed by atoms with Gasteiger partial charge in [-0.1, -0.05) is 30.3 Å². The van der Waals surface area contributed by atoms with E-state index in [1.54, 1.807) is 6.07 Å². The molecule has 0 amide bonds. The second-order valence-corrected chi connectivity index (χ2v) is 9.17. The Bertz CT molecular complexity index is 1430. The van der Waals surface area contributed by atoms with Crippen molar-refractivity contribution in [3.8, 4) is 22.3 Å². The number of rotatable bonds is 7. The van der Waals surface area contributed by atoms with Crippen LogP contribution in [0, 0.1) is 45.0 Å². The van der Waals surface area contributed by atoms with Crippen LogP contribution >= 0.6 is 0 Å². The lowest BCUT2D eigenvalue weighted by Crippen LogP contribution is -2.22. The second kappa shape index (κ2) is 10.3. The highest BCUT2D eigenvalue weighted by Gasteiger charge is 2.25. The molecule has 0 atom stereocenters. The van der Waals surface area contributed by atoms with Crippen LogP contribution in [0.4, 0.5) is 32.0 Å². The van der Waals surface area contributed by atoms with Crippen molar-refractivity contribution in [3.05, 3.63) is 117 Å². The van der Waals surface area contributed by atoms with Crippen LogP contribution in [0.25, 0.3) is 22.3 Å². The Morgan fingerprint density at radius 2 is 1.28 bits per heavy atom. The summed E-state index contributed by atoms with van der Waals surface area (Å²) in [5.41, 5.74) is -2.00. The topological polar surface area (TPSA) is 52.4 Å². The van der Waals surface area contributed by atoms with Gasteiger partial charge in [-0.15, -0.1) is 0 Å². The Labute approximate surface area is 202 Å². The summed E-state index contributed by atoms with van der Waals surface area (Å²) in [5, 5.41) is 11.4. The fourth-order valence-electron chi connectivity index (χ4n) is 3.89. The van der Waals surface area contributed by atoms with E-state index in [9.17, 15) is 36.5 Å². The lowest BCUT2D eigenvalue weighted by Gasteiger charge is -2.18. The molecule has 0 unspecified atom stereocenters. The highest BCUT2D eigenvalue weighted by molar-refractivity contribution is 6.50. The molecule has 0 bridgehead atoms. The van der Waals surface area contributed by atoms with Gasteiger partial charge in [-0.3, -0.25) is 10.1 Å². The minimum Gasteiger partial charge on any atom is -0.414 e. The Morgan fingerprint density at radius 1 is 0.722 bits per heavy atom. The van der Waals surface area contributed by atoms with Crippen molar-refractivity contribution >= 4 is 20.6 Å². The fourth-order valence-corrected chi connectivity index (χ4v) is 5.17. The summed E-state index contributed by atoms with van der Waals surface area (Å²) in [6.45, 7) is -0.208. The third-order valence-electron chi connectivity index (χ3n) is 5.39. The quantitative estimate of drug-likeness (QED) is 0.137. The van der Waals surface area contributed by atoms with Gasteiger partial charge in [0.2, 0.25) is 0 Å². The lowest BCUT2D eigenvalue weighted by molar-refractivity contribution is -0.385. The Morgan fingerprint density at radius 3 is 1.86 bits per heavy atom. The molecule has 11 heteroatoms. The molecule has 0 aliphatic carbocycles. The van der Waals surface area contributed by atoms with Crippen molar-refractivity contribution in [2.24, 2.45) is 0 Å². The van der Waals surface area contributed by atoms with Crippen molar-refractivity contribution < 1.29 is 35.7 Å². The number of nitrogens with zero attached hydrogens (tertiary/aromatic N) is 1. The standard InChI is InChI=1S/C25H15F6NO3Si/c26-14-8-17(28)23(18(29)9-14)16-5-3-7-22(24(16)25-19(30)10-15(27)11-20(25)31)36-35-12-13-4-1-2-6-21(13)32(33)34/h1-11H,12,36H2. The van der Waals surface area contributed by atoms with E-state index in [2.05, 4.69) is 0 Å². The number of benzene rings is 4. The van der Waals surface area contributed by atoms with E-state index in [4.69, 9.17) is 4.43 Å². The van der Waals surface area contributed by atoms with E-state index in [0.717, 1.165) is 0 Å². The predicted octanol–water partition coefficient (Wildman–Crippen LogP) is 5.69. The van der Waals surface area contributed by atoms with Gasteiger partial charge in [-0.2, -0.15) is 0 Å². The molecule has 0 radical (unpaired) electrons. The van der Waals surface area contributed by atoms with Gasteiger partial charge in [0, 0.05) is 30.3 Å². The summed E-state index contributed by atoms with van der Waals surface area (Å²) in [7, 11) is -1.94. The second-order valence-electron chi connectivity index (χ2n) is 7.71. The zero-order chi connectivity index (χ0) is 26.0. The molecule has 4 aromatic carbocycles. The lowest BCUT2D eigenvalue weighted by atomic mass is 9.93. The minimum atomic E-state index is -1.94. The minimum absolute atomic E-state index is 0.179. The van der Waals surface area contributed by atoms with Gasteiger partial charge in [0.1, 0.15) is 34.9 Å². The van der Waals surface area contributed by atoms with Crippen LogP contribution in [-0.4, -0.2) is 14.7 Å². The maximum Gasteiger partial charge on any atom is 0.274 e. The van der Waals surface area contributed by atoms with Crippen LogP contribution in [0.15, 0.2) is 66.7 Å².